The summed E-state index contributed by atoms with van der Waals surface area (Å²) in [5, 5.41) is 11.1. The number of pyridine rings is 1. The molecule has 3 heterocycles. The van der Waals surface area contributed by atoms with Crippen LogP contribution in [-0.4, -0.2) is 33.9 Å². The third kappa shape index (κ3) is 3.26. The molecule has 2 aliphatic rings. The van der Waals surface area contributed by atoms with Gasteiger partial charge in [-0.15, -0.1) is 24.2 Å². The average Bonchev–Trinajstić information content (AvgIpc) is 2.54. The smallest absolute Gasteiger partial charge is 0.248 e. The molecule has 1 aromatic heterocycles. The lowest BCUT2D eigenvalue weighted by atomic mass is 10.0. The van der Waals surface area contributed by atoms with Crippen LogP contribution in [0.15, 0.2) is 54.0 Å². The Bertz CT molecular complexity index is 678. The number of carboxylic acids is 1. The topological polar surface area (TPSA) is 90.3 Å². The maximum atomic E-state index is 11.8. The van der Waals surface area contributed by atoms with Crippen molar-refractivity contribution in [2.75, 3.05) is 5.75 Å². The van der Waals surface area contributed by atoms with E-state index in [2.05, 4.69) is 0 Å². The quantitative estimate of drug-likeness (QED) is 0.565. The van der Waals surface area contributed by atoms with Gasteiger partial charge in [-0.25, -0.2) is 4.57 Å². The third-order valence-electron chi connectivity index (χ3n) is 3.64. The van der Waals surface area contributed by atoms with Crippen molar-refractivity contribution in [3.8, 4) is 0 Å². The van der Waals surface area contributed by atoms with Gasteiger partial charge >= 0.3 is 0 Å². The molecule has 3 rings (SSSR count). The van der Waals surface area contributed by atoms with E-state index in [0.29, 0.717) is 17.9 Å². The molecule has 1 fully saturated rings. The third-order valence-corrected chi connectivity index (χ3v) is 4.97. The van der Waals surface area contributed by atoms with Crippen LogP contribution in [0.1, 0.15) is 0 Å². The highest BCUT2D eigenvalue weighted by Crippen LogP contribution is 2.39. The van der Waals surface area contributed by atoms with E-state index in [4.69, 9.17) is 5.73 Å². The standard InChI is InChI=1S/C15H15N3O3S.ClH/c16-11-13(19)18-12(15(20)21)10(9-22-14(11)18)5-4-8-17-6-2-1-3-7-17;/h1-7,11,14H,8-9,16H2;1H/b5-4+;/t11?,14-;/m1./s1. The molecule has 1 saturated heterocycles. The van der Waals surface area contributed by atoms with E-state index >= 15 is 0 Å². The van der Waals surface area contributed by atoms with E-state index in [9.17, 15) is 14.7 Å². The number of aromatic nitrogens is 1. The Balaban J connectivity index is 0.00000192. The first-order valence-corrected chi connectivity index (χ1v) is 7.90. The molecule has 1 unspecified atom stereocenters. The zero-order valence-electron chi connectivity index (χ0n) is 12.1. The first-order valence-electron chi connectivity index (χ1n) is 6.85. The molecule has 2 aliphatic heterocycles. The van der Waals surface area contributed by atoms with Crippen LogP contribution in [0.3, 0.4) is 0 Å². The number of β-lactam (4-membered cyclic amide) rings is 1. The lowest BCUT2D eigenvalue weighted by molar-refractivity contribution is -0.687. The largest absolute Gasteiger partial charge is 0.543 e. The van der Waals surface area contributed by atoms with Gasteiger partial charge in [0.15, 0.2) is 18.9 Å². The molecule has 0 spiro atoms. The highest BCUT2D eigenvalue weighted by Gasteiger charge is 2.49. The maximum absolute atomic E-state index is 11.8. The van der Waals surface area contributed by atoms with Crippen molar-refractivity contribution >= 4 is 36.0 Å². The number of hydrogen-bond acceptors (Lipinski definition) is 5. The van der Waals surface area contributed by atoms with Gasteiger partial charge < -0.3 is 15.6 Å². The van der Waals surface area contributed by atoms with E-state index in [1.54, 1.807) is 6.08 Å². The van der Waals surface area contributed by atoms with Gasteiger partial charge in [0.25, 0.3) is 0 Å². The van der Waals surface area contributed by atoms with E-state index in [1.165, 1.54) is 16.7 Å². The minimum Gasteiger partial charge on any atom is -0.543 e. The fourth-order valence-electron chi connectivity index (χ4n) is 2.53. The number of nitrogens with two attached hydrogens (primary N) is 1. The summed E-state index contributed by atoms with van der Waals surface area (Å²) in [5.74, 6) is -1.20. The van der Waals surface area contributed by atoms with Crippen molar-refractivity contribution < 1.29 is 19.3 Å². The molecule has 0 radical (unpaired) electrons. The summed E-state index contributed by atoms with van der Waals surface area (Å²) < 4.78 is 1.96. The molecule has 122 valence electrons. The summed E-state index contributed by atoms with van der Waals surface area (Å²) in [6.45, 7) is 0.617. The van der Waals surface area contributed by atoms with Gasteiger partial charge in [-0.2, -0.15) is 0 Å². The molecule has 1 amide bonds. The molecule has 2 N–H and O–H groups in total. The number of amides is 1. The average molecular weight is 354 g/mol. The number of carboxylic acid groups (broad SMARTS) is 1. The van der Waals surface area contributed by atoms with Gasteiger partial charge in [-0.1, -0.05) is 12.1 Å². The number of aliphatic carboxylic acids is 1. The molecule has 23 heavy (non-hydrogen) atoms. The van der Waals surface area contributed by atoms with Crippen molar-refractivity contribution in [3.05, 3.63) is 54.0 Å². The van der Waals surface area contributed by atoms with Gasteiger partial charge in [0.2, 0.25) is 5.91 Å². The van der Waals surface area contributed by atoms with Gasteiger partial charge in [0.1, 0.15) is 11.4 Å². The summed E-state index contributed by atoms with van der Waals surface area (Å²) in [4.78, 5) is 24.4. The number of hydrogen-bond donors (Lipinski definition) is 1. The monoisotopic (exact) mass is 353 g/mol. The normalized spacial score (nSPS) is 23.3. The number of carbonyl (C=O) groups excluding carboxylic acids is 2. The SMILES string of the molecule is Cl.NC1C(=O)N2C(C(=O)[O-])=C(/C=C/C[n+]3ccccc3)CS[C@H]12. The Hall–Kier alpha value is -1.83. The van der Waals surface area contributed by atoms with Gasteiger partial charge in [-0.3, -0.25) is 9.69 Å². The number of halogens is 1. The highest BCUT2D eigenvalue weighted by atomic mass is 35.5. The summed E-state index contributed by atoms with van der Waals surface area (Å²) in [5.41, 5.74) is 6.22. The number of fused-ring (bicyclic) bond motifs is 1. The Labute approximate surface area is 144 Å². The van der Waals surface area contributed by atoms with Crippen LogP contribution in [0.5, 0.6) is 0 Å². The fraction of sp³-hybridized carbons (Fsp3) is 0.267. The Morgan fingerprint density at radius 3 is 2.78 bits per heavy atom. The Kier molecular flexibility index (Phi) is 5.46. The second-order valence-corrected chi connectivity index (χ2v) is 6.18. The molecule has 8 heteroatoms. The van der Waals surface area contributed by atoms with Crippen LogP contribution >= 0.6 is 24.2 Å². The molecule has 0 aliphatic carbocycles. The summed E-state index contributed by atoms with van der Waals surface area (Å²) >= 11 is 1.47. The molecule has 1 aromatic rings. The minimum atomic E-state index is -1.34. The number of allylic oxidation sites excluding steroid dienone is 2. The molecule has 6 nitrogen and oxygen atoms in total. The lowest BCUT2D eigenvalue weighted by Crippen LogP contribution is -2.69. The van der Waals surface area contributed by atoms with E-state index in [0.717, 1.165) is 0 Å². The summed E-state index contributed by atoms with van der Waals surface area (Å²) in [6, 6.07) is 5.14. The van der Waals surface area contributed by atoms with Gasteiger partial charge in [0.05, 0.1) is 11.7 Å². The van der Waals surface area contributed by atoms with E-state index in [-0.39, 0.29) is 29.4 Å². The Morgan fingerprint density at radius 1 is 1.43 bits per heavy atom. The molecular weight excluding hydrogens is 338 g/mol. The Morgan fingerprint density at radius 2 is 2.13 bits per heavy atom. The van der Waals surface area contributed by atoms with Crippen LogP contribution in [0.2, 0.25) is 0 Å². The number of carbonyl (C=O) groups is 2. The van der Waals surface area contributed by atoms with Gasteiger partial charge in [0, 0.05) is 17.9 Å². The van der Waals surface area contributed by atoms with Crippen LogP contribution in [0.4, 0.5) is 0 Å². The number of thioether (sulfide) groups is 1. The van der Waals surface area contributed by atoms with Crippen molar-refractivity contribution in [2.24, 2.45) is 5.73 Å². The van der Waals surface area contributed by atoms with Crippen molar-refractivity contribution in [1.82, 2.24) is 4.90 Å². The van der Waals surface area contributed by atoms with Crippen LogP contribution in [0.25, 0.3) is 0 Å². The molecular formula is C15H16ClN3O3S. The summed E-state index contributed by atoms with van der Waals surface area (Å²) in [6.07, 6.45) is 7.44. The van der Waals surface area contributed by atoms with Crippen molar-refractivity contribution in [1.29, 1.82) is 0 Å². The van der Waals surface area contributed by atoms with Crippen LogP contribution in [-0.2, 0) is 16.1 Å². The first kappa shape index (κ1) is 17.5. The molecule has 0 aromatic carbocycles. The second-order valence-electron chi connectivity index (χ2n) is 5.07. The molecule has 0 bridgehead atoms. The second kappa shape index (κ2) is 7.16. The summed E-state index contributed by atoms with van der Waals surface area (Å²) in [7, 11) is 0. The van der Waals surface area contributed by atoms with E-state index in [1.807, 2.05) is 41.2 Å². The zero-order valence-corrected chi connectivity index (χ0v) is 13.8. The van der Waals surface area contributed by atoms with Gasteiger partial charge in [-0.05, 0) is 11.6 Å². The molecule has 2 atom stereocenters. The predicted molar refractivity (Wildman–Crippen MR) is 86.1 cm³/mol. The highest BCUT2D eigenvalue weighted by molar-refractivity contribution is 8.00. The first-order chi connectivity index (χ1) is 10.6. The maximum Gasteiger partial charge on any atom is 0.248 e. The fourth-order valence-corrected chi connectivity index (χ4v) is 3.79. The van der Waals surface area contributed by atoms with E-state index < -0.39 is 12.0 Å². The minimum absolute atomic E-state index is 0. The zero-order chi connectivity index (χ0) is 15.7. The number of nitrogens with zero attached hydrogens (tertiary/aromatic N) is 2. The van der Waals surface area contributed by atoms with Crippen LogP contribution in [0, 0.1) is 0 Å². The lowest BCUT2D eigenvalue weighted by Gasteiger charge is -2.49. The van der Waals surface area contributed by atoms with Crippen molar-refractivity contribution in [3.63, 3.8) is 0 Å². The van der Waals surface area contributed by atoms with Crippen LogP contribution < -0.4 is 15.4 Å². The molecule has 0 saturated carbocycles. The van der Waals surface area contributed by atoms with Crippen molar-refractivity contribution in [2.45, 2.75) is 18.0 Å². The number of rotatable bonds is 4. The predicted octanol–water partition coefficient (Wildman–Crippen LogP) is -0.801.